The van der Waals surface area contributed by atoms with Gasteiger partial charge in [-0.25, -0.2) is 0 Å². The summed E-state index contributed by atoms with van der Waals surface area (Å²) in [6.45, 7) is 6.45. The molecule has 6 nitrogen and oxygen atoms in total. The Morgan fingerprint density at radius 1 is 0.344 bits per heavy atom. The van der Waals surface area contributed by atoms with Crippen molar-refractivity contribution in [2.75, 3.05) is 13.2 Å². The van der Waals surface area contributed by atoms with E-state index >= 15 is 0 Å². The van der Waals surface area contributed by atoms with Crippen LogP contribution < -0.4 is 0 Å². The summed E-state index contributed by atoms with van der Waals surface area (Å²) in [6, 6.07) is 0. The Balaban J connectivity index is 4.47. The molecule has 6 heteroatoms. The van der Waals surface area contributed by atoms with Gasteiger partial charge >= 0.3 is 17.9 Å². The van der Waals surface area contributed by atoms with Gasteiger partial charge in [0, 0.05) is 19.3 Å². The SMILES string of the molecule is CC/C=C\C/C=C\C/C=C\CCCCCCC(=O)OC(COC(=O)CCCCC/C=C\CCCCCCCCC)COC(=O)CCCCCCC\C=C/C=C\C=C/CCCCCCC. The third-order valence-corrected chi connectivity index (χ3v) is 11.2. The molecular formula is C58H98O6. The van der Waals surface area contributed by atoms with E-state index in [0.717, 1.165) is 128 Å². The Morgan fingerprint density at radius 2 is 0.672 bits per heavy atom. The molecule has 0 amide bonds. The Kier molecular flexibility index (Phi) is 49.4. The molecule has 0 saturated heterocycles. The lowest BCUT2D eigenvalue weighted by molar-refractivity contribution is -0.167. The van der Waals surface area contributed by atoms with Crippen LogP contribution >= 0.6 is 0 Å². The zero-order chi connectivity index (χ0) is 46.5. The third-order valence-electron chi connectivity index (χ3n) is 11.2. The van der Waals surface area contributed by atoms with E-state index in [4.69, 9.17) is 14.2 Å². The lowest BCUT2D eigenvalue weighted by atomic mass is 10.1. The summed E-state index contributed by atoms with van der Waals surface area (Å²) in [5.41, 5.74) is 0. The van der Waals surface area contributed by atoms with Crippen LogP contribution in [0.4, 0.5) is 0 Å². The van der Waals surface area contributed by atoms with Gasteiger partial charge in [0.1, 0.15) is 13.2 Å². The molecule has 0 aromatic carbocycles. The lowest BCUT2D eigenvalue weighted by Gasteiger charge is -2.18. The van der Waals surface area contributed by atoms with E-state index in [-0.39, 0.29) is 31.1 Å². The van der Waals surface area contributed by atoms with Crippen molar-refractivity contribution in [3.05, 3.63) is 85.1 Å². The van der Waals surface area contributed by atoms with Gasteiger partial charge in [-0.15, -0.1) is 0 Å². The van der Waals surface area contributed by atoms with E-state index < -0.39 is 6.10 Å². The van der Waals surface area contributed by atoms with Gasteiger partial charge in [0.25, 0.3) is 0 Å². The van der Waals surface area contributed by atoms with Gasteiger partial charge in [0.2, 0.25) is 0 Å². The first-order valence-electron chi connectivity index (χ1n) is 26.6. The van der Waals surface area contributed by atoms with Crippen LogP contribution in [0.25, 0.3) is 0 Å². The van der Waals surface area contributed by atoms with E-state index in [9.17, 15) is 14.4 Å². The summed E-state index contributed by atoms with van der Waals surface area (Å²) in [5, 5.41) is 0. The van der Waals surface area contributed by atoms with Crippen molar-refractivity contribution >= 4 is 17.9 Å². The first-order valence-corrected chi connectivity index (χ1v) is 26.6. The lowest BCUT2D eigenvalue weighted by Crippen LogP contribution is -2.30. The van der Waals surface area contributed by atoms with Crippen LogP contribution in [0.15, 0.2) is 85.1 Å². The highest BCUT2D eigenvalue weighted by molar-refractivity contribution is 5.71. The van der Waals surface area contributed by atoms with Crippen LogP contribution in [-0.4, -0.2) is 37.2 Å². The average molecular weight is 891 g/mol. The summed E-state index contributed by atoms with van der Waals surface area (Å²) in [4.78, 5) is 38.0. The Bertz CT molecular complexity index is 1250. The van der Waals surface area contributed by atoms with Crippen molar-refractivity contribution < 1.29 is 28.6 Å². The molecule has 64 heavy (non-hydrogen) atoms. The van der Waals surface area contributed by atoms with Gasteiger partial charge in [0.05, 0.1) is 0 Å². The van der Waals surface area contributed by atoms with E-state index in [1.54, 1.807) is 0 Å². The van der Waals surface area contributed by atoms with Crippen molar-refractivity contribution in [1.29, 1.82) is 0 Å². The number of carbonyl (C=O) groups excluding carboxylic acids is 3. The van der Waals surface area contributed by atoms with Gasteiger partial charge in [-0.3, -0.25) is 14.4 Å². The van der Waals surface area contributed by atoms with Crippen LogP contribution in [0, 0.1) is 0 Å². The van der Waals surface area contributed by atoms with Crippen LogP contribution in [0.2, 0.25) is 0 Å². The van der Waals surface area contributed by atoms with E-state index in [1.807, 2.05) is 0 Å². The second kappa shape index (κ2) is 52.2. The fourth-order valence-electron chi connectivity index (χ4n) is 7.16. The van der Waals surface area contributed by atoms with E-state index in [0.29, 0.717) is 19.3 Å². The van der Waals surface area contributed by atoms with E-state index in [1.165, 1.54) is 77.0 Å². The van der Waals surface area contributed by atoms with Gasteiger partial charge in [-0.1, -0.05) is 209 Å². The topological polar surface area (TPSA) is 78.9 Å². The average Bonchev–Trinajstić information content (AvgIpc) is 3.29. The highest BCUT2D eigenvalue weighted by Crippen LogP contribution is 2.13. The first kappa shape index (κ1) is 60.6. The predicted molar refractivity (Wildman–Crippen MR) is 274 cm³/mol. The summed E-state index contributed by atoms with van der Waals surface area (Å²) in [6.07, 6.45) is 67.1. The third kappa shape index (κ3) is 49.6. The number of rotatable bonds is 47. The fourth-order valence-corrected chi connectivity index (χ4v) is 7.16. The number of hydrogen-bond donors (Lipinski definition) is 0. The minimum Gasteiger partial charge on any atom is -0.462 e. The second-order valence-corrected chi connectivity index (χ2v) is 17.5. The Morgan fingerprint density at radius 3 is 1.11 bits per heavy atom. The molecule has 0 aliphatic carbocycles. The molecule has 0 aromatic heterocycles. The van der Waals surface area contributed by atoms with Crippen LogP contribution in [-0.2, 0) is 28.6 Å². The number of carbonyl (C=O) groups is 3. The molecule has 0 fully saturated rings. The Labute approximate surface area is 395 Å². The summed E-state index contributed by atoms with van der Waals surface area (Å²) in [7, 11) is 0. The predicted octanol–water partition coefficient (Wildman–Crippen LogP) is 17.6. The maximum atomic E-state index is 12.8. The highest BCUT2D eigenvalue weighted by Gasteiger charge is 2.19. The quantitative estimate of drug-likeness (QED) is 0.0199. The standard InChI is InChI=1S/C58H98O6/c1-4-7-10-13-16-19-22-25-28-29-30-31-34-36-39-42-45-48-51-57(60)63-54-55(64-58(61)52-49-46-43-40-37-33-27-24-21-18-15-12-9-6-3)53-62-56(59)50-47-44-41-38-35-32-26-23-20-17-14-11-8-5-2/h9,12,18,21-22,25,27-33,35,55H,4-8,10-11,13-17,19-20,23-24,26,34,36-54H2,1-3H3/b12-9-,21-18-,25-22-,29-28-,31-30-,33-27-,35-32-. The molecule has 0 N–H and O–H groups in total. The van der Waals surface area contributed by atoms with Gasteiger partial charge in [-0.2, -0.15) is 0 Å². The molecule has 0 spiro atoms. The Hall–Kier alpha value is -3.41. The monoisotopic (exact) mass is 891 g/mol. The maximum Gasteiger partial charge on any atom is 0.306 e. The van der Waals surface area contributed by atoms with Crippen LogP contribution in [0.5, 0.6) is 0 Å². The molecule has 0 saturated carbocycles. The number of ether oxygens (including phenoxy) is 3. The molecule has 0 rings (SSSR count). The molecule has 0 heterocycles. The molecule has 0 aromatic rings. The maximum absolute atomic E-state index is 12.8. The molecule has 0 bridgehead atoms. The fraction of sp³-hybridized carbons (Fsp3) is 0.707. The van der Waals surface area contributed by atoms with E-state index in [2.05, 4.69) is 106 Å². The van der Waals surface area contributed by atoms with Crippen molar-refractivity contribution in [2.24, 2.45) is 0 Å². The van der Waals surface area contributed by atoms with Gasteiger partial charge < -0.3 is 14.2 Å². The van der Waals surface area contributed by atoms with Crippen molar-refractivity contribution in [1.82, 2.24) is 0 Å². The zero-order valence-electron chi connectivity index (χ0n) is 41.8. The van der Waals surface area contributed by atoms with Crippen LogP contribution in [0.1, 0.15) is 245 Å². The number of hydrogen-bond acceptors (Lipinski definition) is 6. The zero-order valence-corrected chi connectivity index (χ0v) is 41.8. The number of esters is 3. The minimum atomic E-state index is -0.803. The summed E-state index contributed by atoms with van der Waals surface area (Å²) in [5.74, 6) is -0.957. The summed E-state index contributed by atoms with van der Waals surface area (Å²) < 4.78 is 16.8. The molecule has 0 aliphatic rings. The highest BCUT2D eigenvalue weighted by atomic mass is 16.6. The molecule has 1 atom stereocenters. The molecular weight excluding hydrogens is 793 g/mol. The first-order chi connectivity index (χ1) is 31.5. The number of allylic oxidation sites excluding steroid dienone is 14. The largest absolute Gasteiger partial charge is 0.462 e. The van der Waals surface area contributed by atoms with Crippen molar-refractivity contribution in [3.8, 4) is 0 Å². The second-order valence-electron chi connectivity index (χ2n) is 17.5. The van der Waals surface area contributed by atoms with Crippen molar-refractivity contribution in [2.45, 2.75) is 252 Å². The van der Waals surface area contributed by atoms with Crippen LogP contribution in [0.3, 0.4) is 0 Å². The minimum absolute atomic E-state index is 0.101. The van der Waals surface area contributed by atoms with Gasteiger partial charge in [-0.05, 0) is 103 Å². The molecule has 0 aliphatic heterocycles. The molecule has 0 radical (unpaired) electrons. The smallest absolute Gasteiger partial charge is 0.306 e. The van der Waals surface area contributed by atoms with Gasteiger partial charge in [0.15, 0.2) is 6.10 Å². The summed E-state index contributed by atoms with van der Waals surface area (Å²) >= 11 is 0. The number of unbranched alkanes of at least 4 members (excludes halogenated alkanes) is 24. The molecule has 1 unspecified atom stereocenters. The molecule has 366 valence electrons. The van der Waals surface area contributed by atoms with Crippen molar-refractivity contribution in [3.63, 3.8) is 0 Å². The normalized spacial score (nSPS) is 12.7.